The molecule has 0 aliphatic rings. The minimum atomic E-state index is -3.13. The van der Waals surface area contributed by atoms with Crippen LogP contribution in [0.25, 0.3) is 0 Å². The van der Waals surface area contributed by atoms with Crippen LogP contribution in [0.4, 0.5) is 0 Å². The summed E-state index contributed by atoms with van der Waals surface area (Å²) in [5.74, 6) is -0.999. The van der Waals surface area contributed by atoms with E-state index in [1.807, 2.05) is 0 Å². The van der Waals surface area contributed by atoms with E-state index in [9.17, 15) is 18.0 Å². The second-order valence-corrected chi connectivity index (χ2v) is 7.69. The Morgan fingerprint density at radius 1 is 0.958 bits per heavy atom. The Morgan fingerprint density at radius 3 is 2.08 bits per heavy atom. The highest BCUT2D eigenvalue weighted by Gasteiger charge is 2.20. The van der Waals surface area contributed by atoms with E-state index in [0.717, 1.165) is 6.26 Å². The number of benzene rings is 2. The number of carbonyl (C=O) groups is 2. The predicted molar refractivity (Wildman–Crippen MR) is 90.6 cm³/mol. The molecule has 0 fully saturated rings. The quantitative estimate of drug-likeness (QED) is 0.593. The molecule has 1 atom stereocenters. The van der Waals surface area contributed by atoms with Crippen molar-refractivity contribution in [3.63, 3.8) is 0 Å². The van der Waals surface area contributed by atoms with Crippen LogP contribution in [-0.2, 0) is 20.3 Å². The van der Waals surface area contributed by atoms with Gasteiger partial charge in [-0.05, 0) is 24.6 Å². The molecule has 6 heteroatoms. The van der Waals surface area contributed by atoms with Crippen molar-refractivity contribution < 1.29 is 22.7 Å². The molecule has 5 nitrogen and oxygen atoms in total. The van der Waals surface area contributed by atoms with Crippen LogP contribution >= 0.6 is 0 Å². The summed E-state index contributed by atoms with van der Waals surface area (Å²) in [6.45, 7) is 1.52. The molecule has 0 radical (unpaired) electrons. The molecule has 0 bridgehead atoms. The third-order valence-electron chi connectivity index (χ3n) is 3.33. The predicted octanol–water partition coefficient (Wildman–Crippen LogP) is 2.66. The average Bonchev–Trinajstić information content (AvgIpc) is 2.54. The Labute approximate surface area is 141 Å². The molecule has 0 aromatic heterocycles. The summed E-state index contributed by atoms with van der Waals surface area (Å²) in [5.41, 5.74) is 1.32. The summed E-state index contributed by atoms with van der Waals surface area (Å²) in [6.07, 6.45) is 0.238. The second kappa shape index (κ2) is 7.40. The van der Waals surface area contributed by atoms with E-state index in [2.05, 4.69) is 0 Å². The highest BCUT2D eigenvalue weighted by atomic mass is 32.2. The molecule has 126 valence electrons. The van der Waals surface area contributed by atoms with Crippen molar-refractivity contribution in [3.05, 3.63) is 71.3 Å². The van der Waals surface area contributed by atoms with Gasteiger partial charge >= 0.3 is 5.97 Å². The number of ketones is 1. The summed E-state index contributed by atoms with van der Waals surface area (Å²) < 4.78 is 27.7. The second-order valence-electron chi connectivity index (χ2n) is 5.54. The van der Waals surface area contributed by atoms with Crippen LogP contribution in [0.15, 0.2) is 54.6 Å². The molecule has 0 aliphatic heterocycles. The van der Waals surface area contributed by atoms with E-state index in [1.165, 1.54) is 19.1 Å². The number of rotatable bonds is 6. The van der Waals surface area contributed by atoms with Crippen molar-refractivity contribution in [2.24, 2.45) is 0 Å². The molecule has 0 spiro atoms. The Balaban J connectivity index is 2.03. The number of carbonyl (C=O) groups excluding carboxylic acids is 2. The molecule has 2 rings (SSSR count). The van der Waals surface area contributed by atoms with Gasteiger partial charge in [-0.2, -0.15) is 0 Å². The first-order valence-electron chi connectivity index (χ1n) is 7.33. The van der Waals surface area contributed by atoms with Gasteiger partial charge in [0.15, 0.2) is 15.9 Å². The molecule has 0 amide bonds. The van der Waals surface area contributed by atoms with Crippen LogP contribution in [0.3, 0.4) is 0 Å². The lowest BCUT2D eigenvalue weighted by Crippen LogP contribution is -2.24. The summed E-state index contributed by atoms with van der Waals surface area (Å²) in [7, 11) is -3.13. The van der Waals surface area contributed by atoms with Gasteiger partial charge in [0.25, 0.3) is 0 Å². The first-order valence-corrected chi connectivity index (χ1v) is 9.39. The van der Waals surface area contributed by atoms with Crippen molar-refractivity contribution in [3.8, 4) is 0 Å². The molecule has 2 aromatic rings. The van der Waals surface area contributed by atoms with Crippen molar-refractivity contribution in [1.82, 2.24) is 0 Å². The minimum absolute atomic E-state index is 0.0920. The third kappa shape index (κ3) is 5.03. The highest BCUT2D eigenvalue weighted by molar-refractivity contribution is 7.89. The average molecular weight is 346 g/mol. The van der Waals surface area contributed by atoms with Gasteiger partial charge in [-0.1, -0.05) is 42.5 Å². The van der Waals surface area contributed by atoms with Gasteiger partial charge in [0.05, 0.1) is 11.3 Å². The van der Waals surface area contributed by atoms with E-state index in [1.54, 1.807) is 42.5 Å². The molecule has 0 saturated heterocycles. The molecule has 0 aliphatic carbocycles. The van der Waals surface area contributed by atoms with Gasteiger partial charge < -0.3 is 4.74 Å². The number of sulfone groups is 1. The van der Waals surface area contributed by atoms with Crippen LogP contribution in [0.2, 0.25) is 0 Å². The van der Waals surface area contributed by atoms with E-state index >= 15 is 0 Å². The Bertz CT molecular complexity index is 823. The van der Waals surface area contributed by atoms with Gasteiger partial charge in [-0.15, -0.1) is 0 Å². The molecular formula is C18H18O5S. The third-order valence-corrected chi connectivity index (χ3v) is 4.19. The van der Waals surface area contributed by atoms with Crippen molar-refractivity contribution >= 4 is 21.6 Å². The SMILES string of the molecule is C[C@@H](OC(=O)c1ccc(CS(C)(=O)=O)cc1)C(=O)c1ccccc1. The zero-order chi connectivity index (χ0) is 17.7. The van der Waals surface area contributed by atoms with Crippen LogP contribution in [-0.4, -0.2) is 32.5 Å². The van der Waals surface area contributed by atoms with E-state index < -0.39 is 21.9 Å². The fourth-order valence-corrected chi connectivity index (χ4v) is 2.96. The molecule has 2 aromatic carbocycles. The minimum Gasteiger partial charge on any atom is -0.451 e. The maximum Gasteiger partial charge on any atom is 0.338 e. The largest absolute Gasteiger partial charge is 0.451 e. The number of hydrogen-bond acceptors (Lipinski definition) is 5. The fraction of sp³-hybridized carbons (Fsp3) is 0.222. The smallest absolute Gasteiger partial charge is 0.338 e. The van der Waals surface area contributed by atoms with Crippen LogP contribution in [0.1, 0.15) is 33.2 Å². The molecule has 0 unspecified atom stereocenters. The maximum atomic E-state index is 12.2. The van der Waals surface area contributed by atoms with Gasteiger partial charge in [0.2, 0.25) is 5.78 Å². The van der Waals surface area contributed by atoms with Gasteiger partial charge in [-0.3, -0.25) is 4.79 Å². The number of esters is 1. The maximum absolute atomic E-state index is 12.2. The van der Waals surface area contributed by atoms with Gasteiger partial charge in [-0.25, -0.2) is 13.2 Å². The normalized spacial score (nSPS) is 12.4. The summed E-state index contributed by atoms with van der Waals surface area (Å²) in [5, 5.41) is 0. The highest BCUT2D eigenvalue weighted by Crippen LogP contribution is 2.12. The standard InChI is InChI=1S/C18H18O5S/c1-13(17(19)15-6-4-3-5-7-15)23-18(20)16-10-8-14(9-11-16)12-24(2,21)22/h3-11,13H,12H2,1-2H3/t13-/m1/s1. The molecule has 0 heterocycles. The van der Waals surface area contributed by atoms with Crippen molar-refractivity contribution in [1.29, 1.82) is 0 Å². The fourth-order valence-electron chi connectivity index (χ4n) is 2.16. The van der Waals surface area contributed by atoms with Crippen LogP contribution in [0.5, 0.6) is 0 Å². The first kappa shape index (κ1) is 17.9. The van der Waals surface area contributed by atoms with E-state index in [4.69, 9.17) is 4.74 Å². The van der Waals surface area contributed by atoms with Gasteiger partial charge in [0, 0.05) is 11.8 Å². The zero-order valence-corrected chi connectivity index (χ0v) is 14.2. The first-order chi connectivity index (χ1) is 11.3. The zero-order valence-electron chi connectivity index (χ0n) is 13.4. The summed E-state index contributed by atoms with van der Waals surface area (Å²) >= 11 is 0. The lowest BCUT2D eigenvalue weighted by Gasteiger charge is -2.12. The van der Waals surface area contributed by atoms with E-state index in [0.29, 0.717) is 11.1 Å². The van der Waals surface area contributed by atoms with Gasteiger partial charge in [0.1, 0.15) is 0 Å². The van der Waals surface area contributed by atoms with Crippen LogP contribution in [0, 0.1) is 0 Å². The Hall–Kier alpha value is -2.47. The number of hydrogen-bond donors (Lipinski definition) is 0. The lowest BCUT2D eigenvalue weighted by molar-refractivity contribution is 0.0319. The Morgan fingerprint density at radius 2 is 1.54 bits per heavy atom. The van der Waals surface area contributed by atoms with Crippen LogP contribution < -0.4 is 0 Å². The molecular weight excluding hydrogens is 328 g/mol. The lowest BCUT2D eigenvalue weighted by atomic mass is 10.1. The number of ether oxygens (including phenoxy) is 1. The van der Waals surface area contributed by atoms with E-state index in [-0.39, 0.29) is 17.1 Å². The Kier molecular flexibility index (Phi) is 5.51. The molecule has 0 saturated carbocycles. The molecule has 24 heavy (non-hydrogen) atoms. The van der Waals surface area contributed by atoms with Crippen molar-refractivity contribution in [2.45, 2.75) is 18.8 Å². The number of Topliss-reactive ketones (excluding diaryl/α,β-unsaturated/α-hetero) is 1. The molecule has 0 N–H and O–H groups in total. The topological polar surface area (TPSA) is 77.5 Å². The monoisotopic (exact) mass is 346 g/mol. The summed E-state index contributed by atoms with van der Waals surface area (Å²) in [4.78, 5) is 24.3. The summed E-state index contributed by atoms with van der Waals surface area (Å²) in [6, 6.07) is 14.7. The van der Waals surface area contributed by atoms with Crippen molar-refractivity contribution in [2.75, 3.05) is 6.26 Å².